The minimum Gasteiger partial charge on any atom is -0.493 e. The molecule has 0 bridgehead atoms. The van der Waals surface area contributed by atoms with Crippen molar-refractivity contribution >= 4 is 62.7 Å². The van der Waals surface area contributed by atoms with Crippen molar-refractivity contribution in [3.8, 4) is 23.0 Å². The van der Waals surface area contributed by atoms with Crippen molar-refractivity contribution in [2.75, 3.05) is 71.0 Å². The van der Waals surface area contributed by atoms with Gasteiger partial charge in [-0.1, -0.05) is 35.1 Å². The van der Waals surface area contributed by atoms with Crippen LogP contribution in [0.3, 0.4) is 0 Å². The summed E-state index contributed by atoms with van der Waals surface area (Å²) in [6.07, 6.45) is 1.49. The Bertz CT molecular complexity index is 2250. The molecule has 5 rings (SSSR count). The van der Waals surface area contributed by atoms with E-state index in [0.717, 1.165) is 17.3 Å². The van der Waals surface area contributed by atoms with Crippen LogP contribution in [0.4, 0.5) is 26.7 Å². The number of carbonyl (C=O) groups excluding carboxylic acids is 3. The van der Waals surface area contributed by atoms with E-state index in [-0.39, 0.29) is 103 Å². The Morgan fingerprint density at radius 2 is 1.37 bits per heavy atom. The molecule has 2 aliphatic rings. The van der Waals surface area contributed by atoms with Crippen molar-refractivity contribution < 1.29 is 63.1 Å². The molecule has 22 heteroatoms. The lowest BCUT2D eigenvalue weighted by molar-refractivity contribution is -0.385. The Morgan fingerprint density at radius 3 is 1.82 bits per heavy atom. The summed E-state index contributed by atoms with van der Waals surface area (Å²) in [5.41, 5.74) is 1.58. The van der Waals surface area contributed by atoms with Crippen LogP contribution in [0.5, 0.6) is 23.0 Å². The molecule has 1 aromatic heterocycles. The van der Waals surface area contributed by atoms with E-state index < -0.39 is 41.0 Å². The zero-order chi connectivity index (χ0) is 47.2. The summed E-state index contributed by atoms with van der Waals surface area (Å²) in [7, 11) is 5.42. The summed E-state index contributed by atoms with van der Waals surface area (Å²) < 4.78 is 28.7. The van der Waals surface area contributed by atoms with Gasteiger partial charge in [0.05, 0.1) is 80.2 Å². The number of carboxylic acid groups (broad SMARTS) is 1. The van der Waals surface area contributed by atoms with Gasteiger partial charge in [-0.3, -0.25) is 30.3 Å². The zero-order valence-corrected chi connectivity index (χ0v) is 37.7. The maximum Gasteiger partial charge on any atom is 0.411 e. The number of nitrogens with one attached hydrogen (secondary N) is 2. The van der Waals surface area contributed by atoms with Crippen molar-refractivity contribution in [3.63, 3.8) is 0 Å². The predicted molar refractivity (Wildman–Crippen MR) is 243 cm³/mol. The van der Waals surface area contributed by atoms with Crippen molar-refractivity contribution in [1.29, 1.82) is 0 Å². The fraction of sp³-hybridized carbons (Fsp3) is 0.419. The summed E-state index contributed by atoms with van der Waals surface area (Å²) in [5.74, 6) is -0.103. The van der Waals surface area contributed by atoms with E-state index in [2.05, 4.69) is 28.8 Å². The number of anilines is 2. The molecule has 2 fully saturated rings. The van der Waals surface area contributed by atoms with Crippen LogP contribution in [0.1, 0.15) is 59.7 Å². The van der Waals surface area contributed by atoms with Crippen LogP contribution in [-0.2, 0) is 4.74 Å². The van der Waals surface area contributed by atoms with Gasteiger partial charge in [0.15, 0.2) is 23.0 Å². The van der Waals surface area contributed by atoms with Gasteiger partial charge in [-0.05, 0) is 68.0 Å². The van der Waals surface area contributed by atoms with Crippen molar-refractivity contribution in [3.05, 3.63) is 88.1 Å². The molecular weight excluding hydrogens is 889 g/mol. The van der Waals surface area contributed by atoms with E-state index in [1.807, 2.05) is 6.92 Å². The third kappa shape index (κ3) is 13.4. The number of aliphatic hydroxyl groups is 2. The Morgan fingerprint density at radius 1 is 0.846 bits per heavy atom. The van der Waals surface area contributed by atoms with Gasteiger partial charge >= 0.3 is 12.2 Å². The number of pyridine rings is 1. The topological polar surface area (TPSA) is 262 Å². The fourth-order valence-electron chi connectivity index (χ4n) is 6.98. The zero-order valence-electron chi connectivity index (χ0n) is 36.1. The number of aliphatic hydroxyl groups excluding tert-OH is 2. The molecular formula is C43H52N6O14S2. The fourth-order valence-corrected chi connectivity index (χ4v) is 8.84. The smallest absolute Gasteiger partial charge is 0.411 e. The summed E-state index contributed by atoms with van der Waals surface area (Å²) in [6.45, 7) is 9.98. The first kappa shape index (κ1) is 49.8. The molecule has 0 saturated carbocycles. The molecule has 0 aliphatic carbocycles. The first-order valence-electron chi connectivity index (χ1n) is 20.4. The molecule has 3 heterocycles. The average Bonchev–Trinajstić information content (AvgIpc) is 3.87. The number of benzene rings is 2. The largest absolute Gasteiger partial charge is 0.493 e. The summed E-state index contributed by atoms with van der Waals surface area (Å²) in [5, 5.41) is 45.5. The predicted octanol–water partition coefficient (Wildman–Crippen LogP) is 6.63. The second-order valence-corrected chi connectivity index (χ2v) is 17.7. The molecule has 2 saturated heterocycles. The van der Waals surface area contributed by atoms with E-state index in [0.29, 0.717) is 37.1 Å². The maximum atomic E-state index is 14.0. The SMILES string of the molecule is C=C1CC(CO)N(C(=O)c2cc(OC)c(OCCCCCOc3cc(NC(=O)OCC(C)SSc4ccc([N+](=O)[O-])cn4)c(C(=O)N4CC(=C)CC4CO)cc3OC)cc2NC(=O)O)C1. The number of hydrogen-bond donors (Lipinski definition) is 5. The third-order valence-electron chi connectivity index (χ3n) is 10.2. The van der Waals surface area contributed by atoms with Crippen molar-refractivity contribution in [2.24, 2.45) is 0 Å². The lowest BCUT2D eigenvalue weighted by atomic mass is 10.1. The Balaban J connectivity index is 1.20. The standard InChI is InChI=1S/C43H52N6O14S2/c1-25-13-29(22-50)47(20-25)40(52)31-15-35(59-4)37(17-33(31)45-42(54)55)61-11-7-6-8-12-62-38-18-34(32(16-36(38)60-5)41(53)48-21-26(2)14-30(48)23-51)46-43(56)63-24-27(3)64-65-39-10-9-28(19-44-39)49(57)58/h9-10,15-19,27,29-30,45,50-51H,1-2,6-8,11-14,20-24H2,3-5H3,(H,46,56)(H,54,55). The minimum atomic E-state index is -1.38. The lowest BCUT2D eigenvalue weighted by Gasteiger charge is -2.25. The number of unbranched alkanes of at least 4 members (excludes halogenated alkanes) is 2. The molecule has 350 valence electrons. The molecule has 2 aromatic carbocycles. The molecule has 3 unspecified atom stereocenters. The highest BCUT2D eigenvalue weighted by atomic mass is 33.1. The summed E-state index contributed by atoms with van der Waals surface area (Å²) >= 11 is 0. The van der Waals surface area contributed by atoms with E-state index >= 15 is 0 Å². The van der Waals surface area contributed by atoms with Crippen LogP contribution < -0.4 is 29.6 Å². The Hall–Kier alpha value is -6.23. The third-order valence-corrected chi connectivity index (χ3v) is 12.9. The van der Waals surface area contributed by atoms with Gasteiger partial charge < -0.3 is 48.8 Å². The number of likely N-dealkylation sites (tertiary alicyclic amines) is 2. The molecule has 3 aromatic rings. The number of ether oxygens (including phenoxy) is 5. The summed E-state index contributed by atoms with van der Waals surface area (Å²) in [4.78, 5) is 69.7. The average molecular weight is 941 g/mol. The van der Waals surface area contributed by atoms with Crippen LogP contribution >= 0.6 is 21.6 Å². The molecule has 5 N–H and O–H groups in total. The first-order chi connectivity index (χ1) is 31.1. The number of aromatic nitrogens is 1. The number of nitrogens with zero attached hydrogens (tertiary/aromatic N) is 4. The van der Waals surface area contributed by atoms with Crippen LogP contribution in [-0.4, -0.2) is 137 Å². The molecule has 0 spiro atoms. The second kappa shape index (κ2) is 23.6. The van der Waals surface area contributed by atoms with Gasteiger partial charge in [0.2, 0.25) is 0 Å². The number of nitro groups is 1. The molecule has 20 nitrogen and oxygen atoms in total. The number of amides is 4. The van der Waals surface area contributed by atoms with Crippen molar-refractivity contribution in [2.45, 2.75) is 61.4 Å². The number of carbonyl (C=O) groups is 4. The second-order valence-electron chi connectivity index (χ2n) is 15.1. The van der Waals surface area contributed by atoms with Crippen LogP contribution in [0.2, 0.25) is 0 Å². The number of hydrogen-bond acceptors (Lipinski definition) is 16. The van der Waals surface area contributed by atoms with Crippen LogP contribution in [0.25, 0.3) is 0 Å². The van der Waals surface area contributed by atoms with Gasteiger partial charge in [-0.25, -0.2) is 14.6 Å². The van der Waals surface area contributed by atoms with Gasteiger partial charge in [-0.2, -0.15) is 0 Å². The Labute approximate surface area is 382 Å². The highest BCUT2D eigenvalue weighted by molar-refractivity contribution is 8.76. The quantitative estimate of drug-likeness (QED) is 0.0233. The highest BCUT2D eigenvalue weighted by Crippen LogP contribution is 2.38. The molecule has 4 amide bonds. The molecule has 3 atom stereocenters. The van der Waals surface area contributed by atoms with Gasteiger partial charge in [0.25, 0.3) is 17.5 Å². The Kier molecular flexibility index (Phi) is 18.1. The van der Waals surface area contributed by atoms with Gasteiger partial charge in [-0.15, -0.1) is 0 Å². The number of methoxy groups -OCH3 is 2. The molecule has 2 aliphatic heterocycles. The van der Waals surface area contributed by atoms with Gasteiger partial charge in [0.1, 0.15) is 17.8 Å². The maximum absolute atomic E-state index is 14.0. The minimum absolute atomic E-state index is 0.00828. The first-order valence-corrected chi connectivity index (χ1v) is 22.6. The highest BCUT2D eigenvalue weighted by Gasteiger charge is 2.35. The van der Waals surface area contributed by atoms with E-state index in [4.69, 9.17) is 23.7 Å². The van der Waals surface area contributed by atoms with Crippen LogP contribution in [0, 0.1) is 10.1 Å². The summed E-state index contributed by atoms with van der Waals surface area (Å²) in [6, 6.07) is 7.59. The van der Waals surface area contributed by atoms with Gasteiger partial charge in [0, 0.05) is 36.5 Å². The molecule has 65 heavy (non-hydrogen) atoms. The lowest BCUT2D eigenvalue weighted by Crippen LogP contribution is -2.38. The monoisotopic (exact) mass is 940 g/mol. The van der Waals surface area contributed by atoms with E-state index in [1.54, 1.807) is 0 Å². The van der Waals surface area contributed by atoms with Crippen LogP contribution in [0.15, 0.2) is 71.9 Å². The number of rotatable bonds is 22. The van der Waals surface area contributed by atoms with Crippen molar-refractivity contribution in [1.82, 2.24) is 14.8 Å². The van der Waals surface area contributed by atoms with E-state index in [9.17, 15) is 44.6 Å². The van der Waals surface area contributed by atoms with E-state index in [1.165, 1.54) is 82.0 Å². The normalized spacial score (nSPS) is 16.2. The molecule has 0 radical (unpaired) electrons.